The van der Waals surface area contributed by atoms with E-state index in [0.717, 1.165) is 31.6 Å². The monoisotopic (exact) mass is 285 g/mol. The third-order valence-electron chi connectivity index (χ3n) is 4.57. The number of para-hydroxylation sites is 1. The van der Waals surface area contributed by atoms with Crippen LogP contribution >= 0.6 is 0 Å². The molecule has 0 atom stereocenters. The zero-order valence-electron chi connectivity index (χ0n) is 12.6. The Labute approximate surface area is 126 Å². The quantitative estimate of drug-likeness (QED) is 0.863. The fourth-order valence-corrected chi connectivity index (χ4v) is 3.41. The topological polar surface area (TPSA) is 35.6 Å². The minimum atomic E-state index is -0.353. The third kappa shape index (κ3) is 2.44. The van der Waals surface area contributed by atoms with E-state index in [1.165, 1.54) is 0 Å². The van der Waals surface area contributed by atoms with Crippen molar-refractivity contribution in [3.63, 3.8) is 0 Å². The molecule has 0 bridgehead atoms. The Morgan fingerprint density at radius 3 is 2.62 bits per heavy atom. The van der Waals surface area contributed by atoms with Crippen molar-refractivity contribution in [3.8, 4) is 0 Å². The number of hydrogen-bond acceptors (Lipinski definition) is 3. The van der Waals surface area contributed by atoms with E-state index in [1.54, 1.807) is 0 Å². The van der Waals surface area contributed by atoms with Crippen LogP contribution in [0.2, 0.25) is 0 Å². The van der Waals surface area contributed by atoms with E-state index in [9.17, 15) is 4.79 Å². The number of allylic oxidation sites excluding steroid dienone is 1. The third-order valence-corrected chi connectivity index (χ3v) is 4.57. The van der Waals surface area contributed by atoms with Gasteiger partial charge in [-0.25, -0.2) is 0 Å². The first-order valence-electron chi connectivity index (χ1n) is 7.72. The van der Waals surface area contributed by atoms with E-state index in [0.29, 0.717) is 13.2 Å². The highest BCUT2D eigenvalue weighted by molar-refractivity contribution is 5.93. The summed E-state index contributed by atoms with van der Waals surface area (Å²) in [5.74, 6) is 0.283. The van der Waals surface area contributed by atoms with E-state index >= 15 is 0 Å². The summed E-state index contributed by atoms with van der Waals surface area (Å²) in [6.45, 7) is 5.20. The number of nitrogens with one attached hydrogen (secondary N) is 1. The summed E-state index contributed by atoms with van der Waals surface area (Å²) in [6, 6.07) is 10.3. The van der Waals surface area contributed by atoms with Crippen molar-refractivity contribution in [2.24, 2.45) is 0 Å². The van der Waals surface area contributed by atoms with E-state index in [1.807, 2.05) is 36.1 Å². The number of nitrogens with zero attached hydrogens (tertiary/aromatic N) is 2. The maximum Gasteiger partial charge on any atom is 0.250 e. The molecule has 4 nitrogen and oxygen atoms in total. The van der Waals surface area contributed by atoms with Crippen LogP contribution in [0, 0.1) is 0 Å². The number of carbonyl (C=O) groups excluding carboxylic acids is 1. The van der Waals surface area contributed by atoms with Crippen LogP contribution in [-0.2, 0) is 4.79 Å². The Morgan fingerprint density at radius 1 is 1.24 bits per heavy atom. The van der Waals surface area contributed by atoms with Crippen LogP contribution < -0.4 is 10.2 Å². The highest BCUT2D eigenvalue weighted by atomic mass is 16.2. The molecule has 2 aliphatic rings. The standard InChI is InChI=1S/C17H23N3O/c1-2-3-13-19-14-20(15-7-5-4-6-8-15)17(16(19)21)9-11-18-12-10-17/h2-8,18H,9-14H2,1H3. The van der Waals surface area contributed by atoms with Crippen LogP contribution in [0.4, 0.5) is 5.69 Å². The number of amides is 1. The summed E-state index contributed by atoms with van der Waals surface area (Å²) in [4.78, 5) is 17.3. The average molecular weight is 285 g/mol. The molecule has 2 aliphatic heterocycles. The maximum atomic E-state index is 13.0. The van der Waals surface area contributed by atoms with Gasteiger partial charge in [0.2, 0.25) is 5.91 Å². The second kappa shape index (κ2) is 5.90. The Bertz CT molecular complexity index is 520. The van der Waals surface area contributed by atoms with Gasteiger partial charge in [-0.15, -0.1) is 0 Å². The van der Waals surface area contributed by atoms with Gasteiger partial charge in [0, 0.05) is 12.2 Å². The van der Waals surface area contributed by atoms with Crippen LogP contribution in [0.1, 0.15) is 19.8 Å². The second-order valence-electron chi connectivity index (χ2n) is 5.78. The molecule has 4 heteroatoms. The number of hydrogen-bond donors (Lipinski definition) is 1. The van der Waals surface area contributed by atoms with Crippen molar-refractivity contribution in [3.05, 3.63) is 42.5 Å². The highest BCUT2D eigenvalue weighted by Crippen LogP contribution is 2.37. The van der Waals surface area contributed by atoms with Crippen molar-refractivity contribution >= 4 is 11.6 Å². The summed E-state index contributed by atoms with van der Waals surface area (Å²) in [7, 11) is 0. The number of piperidine rings is 1. The first-order valence-corrected chi connectivity index (χ1v) is 7.72. The molecule has 0 aromatic heterocycles. The summed E-state index contributed by atoms with van der Waals surface area (Å²) in [5, 5.41) is 3.38. The van der Waals surface area contributed by atoms with Crippen molar-refractivity contribution in [1.29, 1.82) is 0 Å². The molecule has 1 aromatic rings. The van der Waals surface area contributed by atoms with Crippen LogP contribution in [0.3, 0.4) is 0 Å². The van der Waals surface area contributed by atoms with Crippen LogP contribution in [0.15, 0.2) is 42.5 Å². The van der Waals surface area contributed by atoms with Gasteiger partial charge >= 0.3 is 0 Å². The van der Waals surface area contributed by atoms with Gasteiger partial charge in [0.15, 0.2) is 0 Å². The largest absolute Gasteiger partial charge is 0.339 e. The molecule has 0 saturated carbocycles. The zero-order chi connectivity index (χ0) is 14.7. The molecule has 1 spiro atoms. The van der Waals surface area contributed by atoms with Crippen molar-refractivity contribution < 1.29 is 4.79 Å². The van der Waals surface area contributed by atoms with E-state index < -0.39 is 0 Å². The van der Waals surface area contributed by atoms with Gasteiger partial charge in [0.05, 0.1) is 6.67 Å². The van der Waals surface area contributed by atoms with E-state index in [4.69, 9.17) is 0 Å². The predicted octanol–water partition coefficient (Wildman–Crippen LogP) is 1.99. The van der Waals surface area contributed by atoms with E-state index in [-0.39, 0.29) is 11.4 Å². The molecule has 2 heterocycles. The van der Waals surface area contributed by atoms with Crippen LogP contribution in [-0.4, -0.2) is 42.6 Å². The van der Waals surface area contributed by atoms with Gasteiger partial charge in [0.25, 0.3) is 0 Å². The SMILES string of the molecule is CC=CCN1CN(c2ccccc2)C2(CCNCC2)C1=O. The molecular weight excluding hydrogens is 262 g/mol. The molecule has 1 aromatic carbocycles. The van der Waals surface area contributed by atoms with Gasteiger partial charge in [0.1, 0.15) is 5.54 Å². The Morgan fingerprint density at radius 2 is 1.95 bits per heavy atom. The number of benzene rings is 1. The summed E-state index contributed by atoms with van der Waals surface area (Å²) >= 11 is 0. The molecule has 21 heavy (non-hydrogen) atoms. The predicted molar refractivity (Wildman–Crippen MR) is 85.1 cm³/mol. The molecule has 3 rings (SSSR count). The number of rotatable bonds is 3. The lowest BCUT2D eigenvalue weighted by Gasteiger charge is -2.40. The molecule has 2 saturated heterocycles. The fraction of sp³-hybridized carbons (Fsp3) is 0.471. The molecule has 0 aliphatic carbocycles. The first kappa shape index (κ1) is 14.1. The molecule has 112 valence electrons. The number of anilines is 1. The summed E-state index contributed by atoms with van der Waals surface area (Å²) < 4.78 is 0. The number of carbonyl (C=O) groups is 1. The minimum Gasteiger partial charge on any atom is -0.339 e. The molecule has 1 amide bonds. The van der Waals surface area contributed by atoms with E-state index in [2.05, 4.69) is 28.4 Å². The lowest BCUT2D eigenvalue weighted by molar-refractivity contribution is -0.132. The van der Waals surface area contributed by atoms with Crippen molar-refractivity contribution in [2.45, 2.75) is 25.3 Å². The Hall–Kier alpha value is -1.81. The van der Waals surface area contributed by atoms with Crippen molar-refractivity contribution in [2.75, 3.05) is 31.2 Å². The smallest absolute Gasteiger partial charge is 0.250 e. The lowest BCUT2D eigenvalue weighted by atomic mass is 9.86. The Balaban J connectivity index is 1.94. The maximum absolute atomic E-state index is 13.0. The van der Waals surface area contributed by atoms with Crippen molar-refractivity contribution in [1.82, 2.24) is 10.2 Å². The average Bonchev–Trinajstić information content (AvgIpc) is 2.80. The van der Waals surface area contributed by atoms with Gasteiger partial charge in [-0.05, 0) is 45.0 Å². The molecule has 0 radical (unpaired) electrons. The lowest BCUT2D eigenvalue weighted by Crippen LogP contribution is -2.55. The second-order valence-corrected chi connectivity index (χ2v) is 5.78. The zero-order valence-corrected chi connectivity index (χ0v) is 12.6. The molecule has 0 unspecified atom stereocenters. The molecule has 2 fully saturated rings. The van der Waals surface area contributed by atoms with Gasteiger partial charge < -0.3 is 15.1 Å². The normalized spacial score (nSPS) is 21.7. The fourth-order valence-electron chi connectivity index (χ4n) is 3.41. The first-order chi connectivity index (χ1) is 10.3. The van der Waals surface area contributed by atoms with Gasteiger partial charge in [-0.1, -0.05) is 30.4 Å². The van der Waals surface area contributed by atoms with Gasteiger partial charge in [-0.2, -0.15) is 0 Å². The minimum absolute atomic E-state index is 0.283. The van der Waals surface area contributed by atoms with Crippen LogP contribution in [0.5, 0.6) is 0 Å². The summed E-state index contributed by atoms with van der Waals surface area (Å²) in [6.07, 6.45) is 5.83. The Kier molecular flexibility index (Phi) is 3.97. The summed E-state index contributed by atoms with van der Waals surface area (Å²) in [5.41, 5.74) is 0.796. The molecule has 1 N–H and O–H groups in total. The van der Waals surface area contributed by atoms with Crippen LogP contribution in [0.25, 0.3) is 0 Å². The molecular formula is C17H23N3O. The highest BCUT2D eigenvalue weighted by Gasteiger charge is 2.52. The van der Waals surface area contributed by atoms with Gasteiger partial charge in [-0.3, -0.25) is 4.79 Å².